The third kappa shape index (κ3) is 2.45. The molecular formula is C15H24N2O. The monoisotopic (exact) mass is 248 g/mol. The van der Waals surface area contributed by atoms with Crippen LogP contribution >= 0.6 is 0 Å². The molecule has 0 radical (unpaired) electrons. The molecule has 2 rings (SSSR count). The Bertz CT molecular complexity index is 468. The summed E-state index contributed by atoms with van der Waals surface area (Å²) in [5, 5.41) is 0. The van der Waals surface area contributed by atoms with Crippen LogP contribution in [0.4, 0.5) is 0 Å². The molecule has 18 heavy (non-hydrogen) atoms. The molecule has 0 fully saturated rings. The first-order valence-electron chi connectivity index (χ1n) is 7.21. The second-order valence-corrected chi connectivity index (χ2v) is 5.14. The maximum atomic E-state index is 12.4. The molecule has 0 unspecified atom stereocenters. The fourth-order valence-electron chi connectivity index (χ4n) is 2.88. The average molecular weight is 248 g/mol. The fourth-order valence-corrected chi connectivity index (χ4v) is 2.88. The standard InChI is InChI=1S/C15H24N2O/c1-3-5-8-12-17-15(18)13-9-6-7-10-14(13)16(17)11-4-2/h4H,2-3,5-12H2,1H3. The van der Waals surface area contributed by atoms with Gasteiger partial charge in [0.05, 0.1) is 6.54 Å². The summed E-state index contributed by atoms with van der Waals surface area (Å²) < 4.78 is 4.12. The summed E-state index contributed by atoms with van der Waals surface area (Å²) in [6, 6.07) is 0. The van der Waals surface area contributed by atoms with Gasteiger partial charge in [0.2, 0.25) is 0 Å². The van der Waals surface area contributed by atoms with Crippen LogP contribution in [0.3, 0.4) is 0 Å². The van der Waals surface area contributed by atoms with Gasteiger partial charge in [0, 0.05) is 17.8 Å². The van der Waals surface area contributed by atoms with E-state index in [1.54, 1.807) is 0 Å². The number of allylic oxidation sites excluding steroid dienone is 1. The molecule has 0 aliphatic heterocycles. The van der Waals surface area contributed by atoms with Gasteiger partial charge in [-0.15, -0.1) is 6.58 Å². The first kappa shape index (κ1) is 13.2. The molecule has 0 atom stereocenters. The summed E-state index contributed by atoms with van der Waals surface area (Å²) in [6.07, 6.45) is 9.76. The lowest BCUT2D eigenvalue weighted by Gasteiger charge is -2.15. The summed E-state index contributed by atoms with van der Waals surface area (Å²) in [5.74, 6) is 0. The van der Waals surface area contributed by atoms with Crippen molar-refractivity contribution in [2.24, 2.45) is 0 Å². The van der Waals surface area contributed by atoms with Gasteiger partial charge in [0.1, 0.15) is 0 Å². The Labute approximate surface area is 109 Å². The topological polar surface area (TPSA) is 26.9 Å². The lowest BCUT2D eigenvalue weighted by molar-refractivity contribution is 0.437. The van der Waals surface area contributed by atoms with E-state index in [0.29, 0.717) is 0 Å². The molecule has 1 aliphatic rings. The van der Waals surface area contributed by atoms with Crippen molar-refractivity contribution in [1.82, 2.24) is 9.36 Å². The second kappa shape index (κ2) is 6.07. The average Bonchev–Trinajstić information content (AvgIpc) is 2.66. The Balaban J connectivity index is 2.33. The Morgan fingerprint density at radius 3 is 2.72 bits per heavy atom. The van der Waals surface area contributed by atoms with Gasteiger partial charge in [-0.3, -0.25) is 9.48 Å². The minimum absolute atomic E-state index is 0.252. The van der Waals surface area contributed by atoms with Gasteiger partial charge in [0.15, 0.2) is 0 Å². The summed E-state index contributed by atoms with van der Waals surface area (Å²) in [4.78, 5) is 12.4. The largest absolute Gasteiger partial charge is 0.283 e. The highest BCUT2D eigenvalue weighted by atomic mass is 16.1. The zero-order valence-corrected chi connectivity index (χ0v) is 11.5. The predicted molar refractivity (Wildman–Crippen MR) is 75.1 cm³/mol. The molecule has 0 saturated carbocycles. The molecule has 0 aromatic carbocycles. The van der Waals surface area contributed by atoms with Crippen molar-refractivity contribution in [2.45, 2.75) is 65.0 Å². The summed E-state index contributed by atoms with van der Waals surface area (Å²) in [6.45, 7) is 7.62. The van der Waals surface area contributed by atoms with E-state index >= 15 is 0 Å². The number of hydrogen-bond acceptors (Lipinski definition) is 1. The van der Waals surface area contributed by atoms with Gasteiger partial charge >= 0.3 is 0 Å². The maximum Gasteiger partial charge on any atom is 0.270 e. The fraction of sp³-hybridized carbons (Fsp3) is 0.667. The van der Waals surface area contributed by atoms with Gasteiger partial charge in [0.25, 0.3) is 5.56 Å². The first-order valence-corrected chi connectivity index (χ1v) is 7.21. The molecule has 0 spiro atoms. The number of aromatic nitrogens is 2. The van der Waals surface area contributed by atoms with E-state index < -0.39 is 0 Å². The molecule has 0 amide bonds. The summed E-state index contributed by atoms with van der Waals surface area (Å²) in [5.41, 5.74) is 2.59. The predicted octanol–water partition coefficient (Wildman–Crippen LogP) is 2.90. The quantitative estimate of drug-likeness (QED) is 0.561. The van der Waals surface area contributed by atoms with Gasteiger partial charge in [-0.1, -0.05) is 25.8 Å². The Hall–Kier alpha value is -1.25. The number of rotatable bonds is 6. The highest BCUT2D eigenvalue weighted by Gasteiger charge is 2.21. The van der Waals surface area contributed by atoms with E-state index in [4.69, 9.17) is 0 Å². The molecule has 0 bridgehead atoms. The lowest BCUT2D eigenvalue weighted by Crippen LogP contribution is -2.24. The van der Waals surface area contributed by atoms with Gasteiger partial charge < -0.3 is 0 Å². The first-order chi connectivity index (χ1) is 8.79. The van der Waals surface area contributed by atoms with E-state index in [2.05, 4.69) is 18.2 Å². The Kier molecular flexibility index (Phi) is 4.45. The van der Waals surface area contributed by atoms with Crippen LogP contribution in [0.5, 0.6) is 0 Å². The lowest BCUT2D eigenvalue weighted by atomic mass is 9.98. The van der Waals surface area contributed by atoms with Crippen molar-refractivity contribution in [1.29, 1.82) is 0 Å². The number of unbranched alkanes of at least 4 members (excludes halogenated alkanes) is 2. The van der Waals surface area contributed by atoms with Crippen LogP contribution in [-0.2, 0) is 25.9 Å². The number of hydrogen-bond donors (Lipinski definition) is 0. The van der Waals surface area contributed by atoms with E-state index in [-0.39, 0.29) is 5.56 Å². The van der Waals surface area contributed by atoms with Crippen molar-refractivity contribution in [3.63, 3.8) is 0 Å². The van der Waals surface area contributed by atoms with Crippen LogP contribution in [0.25, 0.3) is 0 Å². The molecular weight excluding hydrogens is 224 g/mol. The SMILES string of the molecule is C=CCn1c2c(c(=O)n1CCCCC)CCCC2. The number of nitrogens with zero attached hydrogens (tertiary/aromatic N) is 2. The summed E-state index contributed by atoms with van der Waals surface area (Å²) >= 11 is 0. The van der Waals surface area contributed by atoms with Crippen LogP contribution in [0.15, 0.2) is 17.4 Å². The van der Waals surface area contributed by atoms with E-state index in [9.17, 15) is 4.79 Å². The molecule has 0 N–H and O–H groups in total. The van der Waals surface area contributed by atoms with E-state index in [1.807, 2.05) is 10.8 Å². The zero-order chi connectivity index (χ0) is 13.0. The van der Waals surface area contributed by atoms with Gasteiger partial charge in [-0.25, -0.2) is 4.68 Å². The third-order valence-electron chi connectivity index (χ3n) is 3.81. The van der Waals surface area contributed by atoms with Crippen molar-refractivity contribution >= 4 is 0 Å². The molecule has 1 aliphatic carbocycles. The minimum atomic E-state index is 0.252. The molecule has 1 heterocycles. The normalized spacial score (nSPS) is 14.5. The van der Waals surface area contributed by atoms with Crippen LogP contribution in [-0.4, -0.2) is 9.36 Å². The van der Waals surface area contributed by atoms with Gasteiger partial charge in [-0.2, -0.15) is 0 Å². The molecule has 0 saturated heterocycles. The van der Waals surface area contributed by atoms with Crippen LogP contribution in [0.1, 0.15) is 50.3 Å². The third-order valence-corrected chi connectivity index (χ3v) is 3.81. The maximum absolute atomic E-state index is 12.4. The molecule has 1 aromatic rings. The van der Waals surface area contributed by atoms with E-state index in [1.165, 1.54) is 25.0 Å². The molecule has 3 heteroatoms. The Morgan fingerprint density at radius 2 is 2.00 bits per heavy atom. The highest BCUT2D eigenvalue weighted by Crippen LogP contribution is 2.19. The van der Waals surface area contributed by atoms with Crippen molar-refractivity contribution < 1.29 is 0 Å². The van der Waals surface area contributed by atoms with Crippen molar-refractivity contribution in [3.8, 4) is 0 Å². The van der Waals surface area contributed by atoms with Crippen LogP contribution < -0.4 is 5.56 Å². The number of fused-ring (bicyclic) bond motifs is 1. The zero-order valence-electron chi connectivity index (χ0n) is 11.5. The Morgan fingerprint density at radius 1 is 1.22 bits per heavy atom. The minimum Gasteiger partial charge on any atom is -0.283 e. The molecule has 1 aromatic heterocycles. The highest BCUT2D eigenvalue weighted by molar-refractivity contribution is 5.22. The van der Waals surface area contributed by atoms with Crippen LogP contribution in [0, 0.1) is 0 Å². The smallest absolute Gasteiger partial charge is 0.270 e. The van der Waals surface area contributed by atoms with Crippen LogP contribution in [0.2, 0.25) is 0 Å². The van der Waals surface area contributed by atoms with E-state index in [0.717, 1.165) is 44.3 Å². The molecule has 100 valence electrons. The second-order valence-electron chi connectivity index (χ2n) is 5.14. The molecule has 3 nitrogen and oxygen atoms in total. The summed E-state index contributed by atoms with van der Waals surface area (Å²) in [7, 11) is 0. The van der Waals surface area contributed by atoms with Crippen molar-refractivity contribution in [2.75, 3.05) is 0 Å². The van der Waals surface area contributed by atoms with Crippen molar-refractivity contribution in [3.05, 3.63) is 34.3 Å². The van der Waals surface area contributed by atoms with Gasteiger partial charge in [-0.05, 0) is 32.1 Å².